The van der Waals surface area contributed by atoms with E-state index in [4.69, 9.17) is 0 Å². The molecule has 0 N–H and O–H groups in total. The lowest BCUT2D eigenvalue weighted by molar-refractivity contribution is -0.542. The predicted molar refractivity (Wildman–Crippen MR) is 54.7 cm³/mol. The van der Waals surface area contributed by atoms with Gasteiger partial charge in [-0.15, -0.1) is 0 Å². The lowest BCUT2D eigenvalue weighted by Crippen LogP contribution is -2.64. The second-order valence-corrected chi connectivity index (χ2v) is 5.35. The van der Waals surface area contributed by atoms with E-state index in [1.165, 1.54) is 0 Å². The van der Waals surface area contributed by atoms with E-state index >= 15 is 0 Å². The molecule has 0 unspecified atom stereocenters. The summed E-state index contributed by atoms with van der Waals surface area (Å²) < 4.78 is 77.9. The Labute approximate surface area is 114 Å². The maximum absolute atomic E-state index is 13.2. The molecule has 2 fully saturated rings. The van der Waals surface area contributed by atoms with E-state index in [1.54, 1.807) is 0 Å². The van der Waals surface area contributed by atoms with Crippen LogP contribution in [-0.4, -0.2) is 46.7 Å². The molecule has 2 aliphatic rings. The van der Waals surface area contributed by atoms with Crippen LogP contribution < -0.4 is 0 Å². The molecule has 0 spiro atoms. The number of amides is 1. The van der Waals surface area contributed by atoms with Gasteiger partial charge in [-0.3, -0.25) is 19.8 Å². The molecule has 21 heavy (non-hydrogen) atoms. The fourth-order valence-corrected chi connectivity index (χ4v) is 2.76. The highest BCUT2D eigenvalue weighted by Crippen LogP contribution is 2.61. The van der Waals surface area contributed by atoms with E-state index in [9.17, 15) is 41.3 Å². The normalized spacial score (nSPS) is 30.9. The number of likely N-dealkylation sites (tertiary alicyclic amines) is 1. The fourth-order valence-electron chi connectivity index (χ4n) is 2.76. The molecule has 11 heteroatoms. The summed E-state index contributed by atoms with van der Waals surface area (Å²) in [6, 6.07) is 0. The highest BCUT2D eigenvalue weighted by atomic mass is 19.4. The van der Waals surface area contributed by atoms with Crippen LogP contribution in [0.1, 0.15) is 19.3 Å². The number of hydrogen-bond acceptors (Lipinski definition) is 3. The Balaban J connectivity index is 2.30. The molecule has 2 atom stereocenters. The zero-order valence-corrected chi connectivity index (χ0v) is 10.4. The Bertz CT molecular complexity index is 472. The van der Waals surface area contributed by atoms with Gasteiger partial charge < -0.3 is 0 Å². The third-order valence-corrected chi connectivity index (χ3v) is 3.80. The van der Waals surface area contributed by atoms with Crippen LogP contribution in [0.25, 0.3) is 0 Å². The largest absolute Gasteiger partial charge is 0.403 e. The molecule has 2 rings (SSSR count). The molecule has 1 aliphatic carbocycles. The van der Waals surface area contributed by atoms with Crippen LogP contribution in [0.2, 0.25) is 0 Å². The van der Waals surface area contributed by atoms with Gasteiger partial charge in [-0.25, -0.2) is 13.2 Å². The van der Waals surface area contributed by atoms with Crippen molar-refractivity contribution in [1.82, 2.24) is 4.90 Å². The minimum atomic E-state index is -5.28. The van der Waals surface area contributed by atoms with E-state index in [0.717, 1.165) is 0 Å². The molecule has 0 bridgehead atoms. The first kappa shape index (κ1) is 15.8. The first-order chi connectivity index (χ1) is 9.40. The topological polar surface area (TPSA) is 63.5 Å². The molecule has 0 aromatic carbocycles. The summed E-state index contributed by atoms with van der Waals surface area (Å²) in [5, 5.41) is 10.7. The van der Waals surface area contributed by atoms with Crippen molar-refractivity contribution in [2.45, 2.75) is 43.7 Å². The molecule has 1 saturated carbocycles. The maximum atomic E-state index is 13.2. The summed E-state index contributed by atoms with van der Waals surface area (Å²) in [7, 11) is 0. The molecule has 5 nitrogen and oxygen atoms in total. The van der Waals surface area contributed by atoms with Gasteiger partial charge in [0.05, 0.1) is 13.0 Å². The van der Waals surface area contributed by atoms with Gasteiger partial charge in [0.2, 0.25) is 5.91 Å². The second kappa shape index (κ2) is 4.47. The molecule has 1 heterocycles. The van der Waals surface area contributed by atoms with Gasteiger partial charge in [0.1, 0.15) is 6.17 Å². The monoisotopic (exact) mass is 320 g/mol. The van der Waals surface area contributed by atoms with Crippen LogP contribution in [0.15, 0.2) is 0 Å². The van der Waals surface area contributed by atoms with E-state index < -0.39 is 66.5 Å². The van der Waals surface area contributed by atoms with Crippen LogP contribution >= 0.6 is 0 Å². The predicted octanol–water partition coefficient (Wildman–Crippen LogP) is 2.14. The van der Waals surface area contributed by atoms with E-state index in [0.29, 0.717) is 0 Å². The summed E-state index contributed by atoms with van der Waals surface area (Å²) in [6.45, 7) is -0.895. The SMILES string of the molecule is O=C(N1C[C@H](F)C[C@H]1[N+](=O)[O-])C1(C(F)(F)F)CC(F)(F)C1. The number of alkyl halides is 6. The van der Waals surface area contributed by atoms with Crippen LogP contribution in [0.4, 0.5) is 26.3 Å². The van der Waals surface area contributed by atoms with Crippen molar-refractivity contribution in [3.8, 4) is 0 Å². The fraction of sp³-hybridized carbons (Fsp3) is 0.900. The van der Waals surface area contributed by atoms with Crippen molar-refractivity contribution in [3.63, 3.8) is 0 Å². The van der Waals surface area contributed by atoms with Gasteiger partial charge in [-0.1, -0.05) is 0 Å². The number of carbonyl (C=O) groups excluding carboxylic acids is 1. The van der Waals surface area contributed by atoms with Crippen molar-refractivity contribution < 1.29 is 36.1 Å². The van der Waals surface area contributed by atoms with Gasteiger partial charge in [-0.2, -0.15) is 13.2 Å². The zero-order chi connectivity index (χ0) is 16.2. The highest BCUT2D eigenvalue weighted by molar-refractivity contribution is 5.85. The highest BCUT2D eigenvalue weighted by Gasteiger charge is 2.75. The first-order valence-corrected chi connectivity index (χ1v) is 5.93. The lowest BCUT2D eigenvalue weighted by Gasteiger charge is -2.47. The average Bonchev–Trinajstić information content (AvgIpc) is 2.65. The number of nitro groups is 1. The molecule has 120 valence electrons. The van der Waals surface area contributed by atoms with Crippen molar-refractivity contribution in [2.24, 2.45) is 5.41 Å². The quantitative estimate of drug-likeness (QED) is 0.445. The zero-order valence-electron chi connectivity index (χ0n) is 10.4. The third-order valence-electron chi connectivity index (χ3n) is 3.80. The Hall–Kier alpha value is -1.55. The van der Waals surface area contributed by atoms with Crippen molar-refractivity contribution in [3.05, 3.63) is 10.1 Å². The second-order valence-electron chi connectivity index (χ2n) is 5.35. The molecule has 1 aliphatic heterocycles. The van der Waals surface area contributed by atoms with Gasteiger partial charge in [0.25, 0.3) is 12.1 Å². The molecule has 0 aromatic rings. The van der Waals surface area contributed by atoms with Crippen molar-refractivity contribution in [2.75, 3.05) is 6.54 Å². The maximum Gasteiger partial charge on any atom is 0.403 e. The Kier molecular flexibility index (Phi) is 3.37. The van der Waals surface area contributed by atoms with Crippen LogP contribution in [0.3, 0.4) is 0 Å². The standard InChI is InChI=1S/C10H10F6N2O3/c11-5-1-6(18(20)21)17(2-5)7(19)8(10(14,15)16)3-9(12,13)4-8/h5-6H,1-4H2/t5-,6-/m1/s1. The molecular weight excluding hydrogens is 310 g/mol. The van der Waals surface area contributed by atoms with Gasteiger partial charge in [0.15, 0.2) is 5.41 Å². The van der Waals surface area contributed by atoms with Crippen LogP contribution in [0.5, 0.6) is 0 Å². The minimum Gasteiger partial charge on any atom is -0.276 e. The van der Waals surface area contributed by atoms with Crippen molar-refractivity contribution in [1.29, 1.82) is 0 Å². The van der Waals surface area contributed by atoms with Crippen LogP contribution in [-0.2, 0) is 4.79 Å². The molecule has 0 aromatic heterocycles. The van der Waals surface area contributed by atoms with E-state index in [-0.39, 0.29) is 4.90 Å². The Morgan fingerprint density at radius 2 is 1.81 bits per heavy atom. The van der Waals surface area contributed by atoms with Gasteiger partial charge in [0, 0.05) is 17.8 Å². The molecule has 0 radical (unpaired) electrons. The molecular formula is C10H10F6N2O3. The average molecular weight is 320 g/mol. The number of carbonyl (C=O) groups is 1. The summed E-state index contributed by atoms with van der Waals surface area (Å²) in [4.78, 5) is 21.7. The number of hydrogen-bond donors (Lipinski definition) is 0. The number of rotatable bonds is 2. The Morgan fingerprint density at radius 3 is 2.19 bits per heavy atom. The summed E-state index contributed by atoms with van der Waals surface area (Å²) >= 11 is 0. The number of nitrogens with zero attached hydrogens (tertiary/aromatic N) is 2. The summed E-state index contributed by atoms with van der Waals surface area (Å²) in [5.41, 5.74) is -3.37. The molecule has 1 amide bonds. The van der Waals surface area contributed by atoms with Crippen LogP contribution in [0, 0.1) is 15.5 Å². The van der Waals surface area contributed by atoms with E-state index in [2.05, 4.69) is 0 Å². The van der Waals surface area contributed by atoms with Gasteiger partial charge >= 0.3 is 6.18 Å². The summed E-state index contributed by atoms with van der Waals surface area (Å²) in [6.07, 6.45) is -13.4. The minimum absolute atomic E-state index is 0.118. The number of halogens is 6. The lowest BCUT2D eigenvalue weighted by atomic mass is 9.64. The smallest absolute Gasteiger partial charge is 0.276 e. The third kappa shape index (κ3) is 2.42. The van der Waals surface area contributed by atoms with E-state index in [1.807, 2.05) is 0 Å². The summed E-state index contributed by atoms with van der Waals surface area (Å²) in [5.74, 6) is -5.51. The van der Waals surface area contributed by atoms with Gasteiger partial charge in [-0.05, 0) is 0 Å². The Morgan fingerprint density at radius 1 is 1.29 bits per heavy atom. The van der Waals surface area contributed by atoms with Crippen molar-refractivity contribution >= 4 is 5.91 Å². The first-order valence-electron chi connectivity index (χ1n) is 5.93. The molecule has 1 saturated heterocycles.